The number of rotatable bonds is 5. The van der Waals surface area contributed by atoms with Gasteiger partial charge >= 0.3 is 6.03 Å². The standard InChI is InChI=1S/C15H27N5O2S/c1-19(2)15-17-12(18-23-15)9-20-13(21)11(16-14(20)22)8-10-6-4-3-5-7-10/h10-12,15,17-18H,3-9H2,1-2H3,(H,16,22)/t11-,12?,15?/m1/s1. The van der Waals surface area contributed by atoms with Crippen LogP contribution in [0.3, 0.4) is 0 Å². The lowest BCUT2D eigenvalue weighted by Crippen LogP contribution is -2.48. The highest BCUT2D eigenvalue weighted by molar-refractivity contribution is 7.98. The molecular formula is C15H27N5O2S. The maximum atomic E-state index is 12.6. The Morgan fingerprint density at radius 3 is 2.61 bits per heavy atom. The van der Waals surface area contributed by atoms with E-state index in [4.69, 9.17) is 0 Å². The Balaban J connectivity index is 1.52. The molecule has 1 aliphatic carbocycles. The second-order valence-corrected chi connectivity index (χ2v) is 7.88. The molecule has 130 valence electrons. The molecule has 7 nitrogen and oxygen atoms in total. The maximum Gasteiger partial charge on any atom is 0.324 e. The first-order valence-corrected chi connectivity index (χ1v) is 9.38. The van der Waals surface area contributed by atoms with Crippen LogP contribution in [0.25, 0.3) is 0 Å². The van der Waals surface area contributed by atoms with Crippen molar-refractivity contribution in [3.05, 3.63) is 0 Å². The number of nitrogens with one attached hydrogen (secondary N) is 3. The van der Waals surface area contributed by atoms with Crippen molar-refractivity contribution in [2.45, 2.75) is 56.2 Å². The van der Waals surface area contributed by atoms with E-state index in [-0.39, 0.29) is 29.6 Å². The molecular weight excluding hydrogens is 314 g/mol. The molecule has 3 rings (SSSR count). The lowest BCUT2D eigenvalue weighted by atomic mass is 9.85. The normalized spacial score (nSPS) is 32.8. The Kier molecular flexibility index (Phi) is 5.45. The average Bonchev–Trinajstić information content (AvgIpc) is 3.10. The van der Waals surface area contributed by atoms with Gasteiger partial charge in [0, 0.05) is 0 Å². The molecule has 8 heteroatoms. The Morgan fingerprint density at radius 1 is 1.22 bits per heavy atom. The molecule has 3 atom stereocenters. The van der Waals surface area contributed by atoms with Crippen molar-refractivity contribution in [1.29, 1.82) is 0 Å². The lowest BCUT2D eigenvalue weighted by molar-refractivity contribution is -0.128. The lowest BCUT2D eigenvalue weighted by Gasteiger charge is -2.23. The predicted octanol–water partition coefficient (Wildman–Crippen LogP) is 0.890. The van der Waals surface area contributed by atoms with E-state index in [1.165, 1.54) is 37.0 Å². The molecule has 0 bridgehead atoms. The van der Waals surface area contributed by atoms with Gasteiger partial charge in [-0.05, 0) is 38.4 Å². The van der Waals surface area contributed by atoms with Gasteiger partial charge in [0.25, 0.3) is 5.91 Å². The highest BCUT2D eigenvalue weighted by Crippen LogP contribution is 2.29. The van der Waals surface area contributed by atoms with E-state index in [2.05, 4.69) is 20.3 Å². The van der Waals surface area contributed by atoms with E-state index in [0.29, 0.717) is 12.5 Å². The van der Waals surface area contributed by atoms with E-state index in [9.17, 15) is 9.59 Å². The molecule has 0 spiro atoms. The second-order valence-electron chi connectivity index (χ2n) is 6.96. The van der Waals surface area contributed by atoms with Crippen molar-refractivity contribution >= 4 is 23.9 Å². The molecule has 2 unspecified atom stereocenters. The summed E-state index contributed by atoms with van der Waals surface area (Å²) in [5.41, 5.74) is 0.152. The van der Waals surface area contributed by atoms with Crippen LogP contribution in [-0.2, 0) is 4.79 Å². The summed E-state index contributed by atoms with van der Waals surface area (Å²) < 4.78 is 3.24. The molecule has 3 amide bonds. The van der Waals surface area contributed by atoms with Crippen molar-refractivity contribution in [2.24, 2.45) is 5.92 Å². The van der Waals surface area contributed by atoms with E-state index < -0.39 is 0 Å². The summed E-state index contributed by atoms with van der Waals surface area (Å²) in [6.07, 6.45) is 6.90. The van der Waals surface area contributed by atoms with E-state index >= 15 is 0 Å². The van der Waals surface area contributed by atoms with Gasteiger partial charge < -0.3 is 5.32 Å². The summed E-state index contributed by atoms with van der Waals surface area (Å²) >= 11 is 1.57. The Bertz CT molecular complexity index is 455. The van der Waals surface area contributed by atoms with Crippen LogP contribution < -0.4 is 15.4 Å². The largest absolute Gasteiger partial charge is 0.326 e. The van der Waals surface area contributed by atoms with Crippen LogP contribution in [0.4, 0.5) is 4.79 Å². The van der Waals surface area contributed by atoms with Crippen LogP contribution in [-0.4, -0.2) is 60.1 Å². The number of amides is 3. The molecule has 23 heavy (non-hydrogen) atoms. The van der Waals surface area contributed by atoms with Gasteiger partial charge in [0.05, 0.1) is 12.7 Å². The fourth-order valence-electron chi connectivity index (χ4n) is 3.58. The minimum absolute atomic E-state index is 0.0672. The zero-order valence-corrected chi connectivity index (χ0v) is 14.7. The molecule has 1 saturated carbocycles. The number of hydrogen-bond acceptors (Lipinski definition) is 6. The van der Waals surface area contributed by atoms with Crippen molar-refractivity contribution < 1.29 is 9.59 Å². The fourth-order valence-corrected chi connectivity index (χ4v) is 4.46. The number of nitrogens with zero attached hydrogens (tertiary/aromatic N) is 2. The average molecular weight is 341 g/mol. The number of urea groups is 1. The van der Waals surface area contributed by atoms with E-state index in [1.807, 2.05) is 14.1 Å². The van der Waals surface area contributed by atoms with Crippen molar-refractivity contribution in [3.8, 4) is 0 Å². The van der Waals surface area contributed by atoms with Crippen molar-refractivity contribution in [1.82, 2.24) is 25.2 Å². The summed E-state index contributed by atoms with van der Waals surface area (Å²) in [6, 6.07) is -0.581. The van der Waals surface area contributed by atoms with Crippen LogP contribution in [0.15, 0.2) is 0 Å². The second kappa shape index (κ2) is 7.38. The van der Waals surface area contributed by atoms with Crippen LogP contribution >= 0.6 is 11.9 Å². The van der Waals surface area contributed by atoms with Gasteiger partial charge in [0.15, 0.2) is 0 Å². The van der Waals surface area contributed by atoms with Gasteiger partial charge in [-0.2, -0.15) is 0 Å². The summed E-state index contributed by atoms with van der Waals surface area (Å²) in [7, 11) is 3.98. The smallest absolute Gasteiger partial charge is 0.324 e. The Morgan fingerprint density at radius 2 is 1.96 bits per heavy atom. The molecule has 2 saturated heterocycles. The highest BCUT2D eigenvalue weighted by Gasteiger charge is 2.41. The first kappa shape index (κ1) is 17.0. The molecule has 3 fully saturated rings. The third-order valence-corrected chi connectivity index (χ3v) is 6.10. The van der Waals surface area contributed by atoms with Gasteiger partial charge in [-0.3, -0.25) is 19.9 Å². The van der Waals surface area contributed by atoms with Crippen molar-refractivity contribution in [3.63, 3.8) is 0 Å². The Labute approximate surface area is 142 Å². The minimum atomic E-state index is -0.329. The molecule has 0 radical (unpaired) electrons. The van der Waals surface area contributed by atoms with Gasteiger partial charge in [-0.15, -0.1) is 0 Å². The quantitative estimate of drug-likeness (QED) is 0.509. The Hall–Kier alpha value is -0.830. The molecule has 2 aliphatic heterocycles. The third kappa shape index (κ3) is 3.99. The number of imide groups is 1. The summed E-state index contributed by atoms with van der Waals surface area (Å²) in [5.74, 6) is 0.511. The van der Waals surface area contributed by atoms with E-state index in [1.54, 1.807) is 11.9 Å². The SMILES string of the molecule is CN(C)C1NC(CN2C(=O)N[C@H](CC3CCCCC3)C2=O)NS1. The first-order chi connectivity index (χ1) is 11.0. The zero-order chi connectivity index (χ0) is 16.4. The molecule has 3 N–H and O–H groups in total. The first-order valence-electron chi connectivity index (χ1n) is 8.50. The van der Waals surface area contributed by atoms with Crippen LogP contribution in [0, 0.1) is 5.92 Å². The van der Waals surface area contributed by atoms with Crippen LogP contribution in [0.2, 0.25) is 0 Å². The van der Waals surface area contributed by atoms with Gasteiger partial charge in [-0.1, -0.05) is 32.1 Å². The summed E-state index contributed by atoms with van der Waals surface area (Å²) in [5, 5.41) is 6.23. The number of hydrogen-bond donors (Lipinski definition) is 3. The minimum Gasteiger partial charge on any atom is -0.326 e. The summed E-state index contributed by atoms with van der Waals surface area (Å²) in [4.78, 5) is 28.1. The molecule has 0 aromatic heterocycles. The van der Waals surface area contributed by atoms with E-state index in [0.717, 1.165) is 6.42 Å². The van der Waals surface area contributed by atoms with Gasteiger partial charge in [0.1, 0.15) is 11.5 Å². The fraction of sp³-hybridized carbons (Fsp3) is 0.867. The monoisotopic (exact) mass is 341 g/mol. The molecule has 0 aromatic carbocycles. The highest BCUT2D eigenvalue weighted by atomic mass is 32.2. The topological polar surface area (TPSA) is 76.7 Å². The molecule has 3 aliphatic rings. The van der Waals surface area contributed by atoms with Gasteiger partial charge in [-0.25, -0.2) is 9.52 Å². The van der Waals surface area contributed by atoms with Gasteiger partial charge in [0.2, 0.25) is 0 Å². The predicted molar refractivity (Wildman–Crippen MR) is 90.4 cm³/mol. The third-order valence-electron chi connectivity index (χ3n) is 4.90. The number of carbonyl (C=O) groups is 2. The number of carbonyl (C=O) groups excluding carboxylic acids is 2. The molecule has 2 heterocycles. The zero-order valence-electron chi connectivity index (χ0n) is 13.9. The van der Waals surface area contributed by atoms with Crippen LogP contribution in [0.5, 0.6) is 0 Å². The summed E-state index contributed by atoms with van der Waals surface area (Å²) in [6.45, 7) is 0.364. The van der Waals surface area contributed by atoms with Crippen LogP contribution in [0.1, 0.15) is 38.5 Å². The maximum absolute atomic E-state index is 12.6. The van der Waals surface area contributed by atoms with Crippen molar-refractivity contribution in [2.75, 3.05) is 20.6 Å². The molecule has 0 aromatic rings.